The third-order valence-electron chi connectivity index (χ3n) is 4.88. The monoisotopic (exact) mass is 383 g/mol. The van der Waals surface area contributed by atoms with E-state index in [4.69, 9.17) is 4.74 Å². The largest absolute Gasteiger partial charge is 0.505 e. The van der Waals surface area contributed by atoms with Crippen LogP contribution in [0.3, 0.4) is 0 Å². The summed E-state index contributed by atoms with van der Waals surface area (Å²) in [5.74, 6) is -1.35. The van der Waals surface area contributed by atoms with Gasteiger partial charge in [-0.1, -0.05) is 6.07 Å². The number of aromatic hydroxyl groups is 1. The van der Waals surface area contributed by atoms with Crippen molar-refractivity contribution in [3.63, 3.8) is 0 Å². The summed E-state index contributed by atoms with van der Waals surface area (Å²) in [5.41, 5.74) is 4.51. The minimum absolute atomic E-state index is 0.112. The lowest BCUT2D eigenvalue weighted by Gasteiger charge is -2.24. The molecule has 1 aliphatic heterocycles. The van der Waals surface area contributed by atoms with Crippen molar-refractivity contribution in [2.24, 2.45) is 0 Å². The molecule has 7 nitrogen and oxygen atoms in total. The number of carbonyl (C=O) groups excluding carboxylic acids is 2. The standard InChI is InChI=1S/C21H25N3O4/c1-4-28-18(25)11-23-21(27)19-20(26)13(3)16(10-22-19)14-7-8-17-15(9-14)6-5-12(2)24-17/h7-10,12,24,26H,4-6,11H2,1-3H3,(H,23,27). The Balaban J connectivity index is 1.82. The van der Waals surface area contributed by atoms with Gasteiger partial charge in [0, 0.05) is 29.1 Å². The SMILES string of the molecule is CCOC(=O)CNC(=O)c1ncc(-c2ccc3c(c2)CCC(C)N3)c(C)c1O. The van der Waals surface area contributed by atoms with Crippen molar-refractivity contribution in [1.82, 2.24) is 10.3 Å². The highest BCUT2D eigenvalue weighted by Gasteiger charge is 2.20. The minimum Gasteiger partial charge on any atom is -0.505 e. The Morgan fingerprint density at radius 3 is 2.93 bits per heavy atom. The second kappa shape index (κ2) is 8.29. The number of benzene rings is 1. The lowest BCUT2D eigenvalue weighted by atomic mass is 9.93. The Bertz CT molecular complexity index is 911. The maximum atomic E-state index is 12.2. The summed E-state index contributed by atoms with van der Waals surface area (Å²) in [7, 11) is 0. The van der Waals surface area contributed by atoms with Gasteiger partial charge < -0.3 is 20.5 Å². The van der Waals surface area contributed by atoms with E-state index in [9.17, 15) is 14.7 Å². The maximum absolute atomic E-state index is 12.2. The number of anilines is 1. The molecule has 3 rings (SSSR count). The number of nitrogens with zero attached hydrogens (tertiary/aromatic N) is 1. The van der Waals surface area contributed by atoms with E-state index in [-0.39, 0.29) is 24.6 Å². The summed E-state index contributed by atoms with van der Waals surface area (Å²) in [6, 6.07) is 6.57. The van der Waals surface area contributed by atoms with Crippen LogP contribution in [0, 0.1) is 6.92 Å². The van der Waals surface area contributed by atoms with Crippen LogP contribution in [-0.2, 0) is 16.0 Å². The molecule has 1 unspecified atom stereocenters. The molecule has 2 aromatic rings. The van der Waals surface area contributed by atoms with Crippen molar-refractivity contribution in [2.75, 3.05) is 18.5 Å². The maximum Gasteiger partial charge on any atom is 0.325 e. The minimum atomic E-state index is -0.621. The smallest absolute Gasteiger partial charge is 0.325 e. The highest BCUT2D eigenvalue weighted by Crippen LogP contribution is 2.34. The van der Waals surface area contributed by atoms with Crippen molar-refractivity contribution in [2.45, 2.75) is 39.7 Å². The summed E-state index contributed by atoms with van der Waals surface area (Å²) in [6.45, 7) is 5.56. The van der Waals surface area contributed by atoms with Crippen LogP contribution in [0.4, 0.5) is 5.69 Å². The topological polar surface area (TPSA) is 101 Å². The molecule has 0 saturated heterocycles. The summed E-state index contributed by atoms with van der Waals surface area (Å²) in [5, 5.41) is 16.4. The van der Waals surface area contributed by atoms with Crippen LogP contribution >= 0.6 is 0 Å². The predicted molar refractivity (Wildman–Crippen MR) is 106 cm³/mol. The van der Waals surface area contributed by atoms with Crippen LogP contribution in [0.5, 0.6) is 5.75 Å². The number of nitrogens with one attached hydrogen (secondary N) is 2. The molecule has 0 radical (unpaired) electrons. The fraction of sp³-hybridized carbons (Fsp3) is 0.381. The Morgan fingerprint density at radius 1 is 1.39 bits per heavy atom. The molecule has 0 saturated carbocycles. The molecule has 0 aliphatic carbocycles. The highest BCUT2D eigenvalue weighted by molar-refractivity contribution is 5.97. The number of amides is 1. The molecule has 28 heavy (non-hydrogen) atoms. The fourth-order valence-corrected chi connectivity index (χ4v) is 3.32. The number of hydrogen-bond acceptors (Lipinski definition) is 6. The second-order valence-corrected chi connectivity index (χ2v) is 6.94. The number of fused-ring (bicyclic) bond motifs is 1. The summed E-state index contributed by atoms with van der Waals surface area (Å²) in [4.78, 5) is 27.8. The summed E-state index contributed by atoms with van der Waals surface area (Å²) in [6.07, 6.45) is 3.64. The average molecular weight is 383 g/mol. The first-order chi connectivity index (χ1) is 13.4. The highest BCUT2D eigenvalue weighted by atomic mass is 16.5. The molecule has 1 aliphatic rings. The van der Waals surface area contributed by atoms with Gasteiger partial charge in [-0.3, -0.25) is 9.59 Å². The van der Waals surface area contributed by atoms with E-state index < -0.39 is 11.9 Å². The lowest BCUT2D eigenvalue weighted by molar-refractivity contribution is -0.141. The van der Waals surface area contributed by atoms with Crippen LogP contribution in [0.15, 0.2) is 24.4 Å². The van der Waals surface area contributed by atoms with Gasteiger partial charge in [-0.2, -0.15) is 0 Å². The summed E-state index contributed by atoms with van der Waals surface area (Å²) >= 11 is 0. The van der Waals surface area contributed by atoms with Crippen molar-refractivity contribution >= 4 is 17.6 Å². The molecular weight excluding hydrogens is 358 g/mol. The molecule has 2 heterocycles. The number of carbonyl (C=O) groups is 2. The number of rotatable bonds is 5. The number of pyridine rings is 1. The molecule has 0 spiro atoms. The zero-order valence-electron chi connectivity index (χ0n) is 16.3. The van der Waals surface area contributed by atoms with E-state index >= 15 is 0 Å². The molecular formula is C21H25N3O4. The molecule has 1 amide bonds. The van der Waals surface area contributed by atoms with Gasteiger partial charge in [0.05, 0.1) is 6.61 Å². The fourth-order valence-electron chi connectivity index (χ4n) is 3.32. The van der Waals surface area contributed by atoms with Crippen molar-refractivity contribution < 1.29 is 19.4 Å². The molecule has 3 N–H and O–H groups in total. The van der Waals surface area contributed by atoms with Gasteiger partial charge in [-0.25, -0.2) is 4.98 Å². The Hall–Kier alpha value is -3.09. The van der Waals surface area contributed by atoms with Crippen LogP contribution in [0.2, 0.25) is 0 Å². The van der Waals surface area contributed by atoms with E-state index in [1.807, 2.05) is 12.1 Å². The van der Waals surface area contributed by atoms with E-state index in [1.54, 1.807) is 20.0 Å². The Kier molecular flexibility index (Phi) is 5.82. The molecule has 7 heteroatoms. The first-order valence-corrected chi connectivity index (χ1v) is 9.43. The first-order valence-electron chi connectivity index (χ1n) is 9.43. The van der Waals surface area contributed by atoms with Gasteiger partial charge in [0.1, 0.15) is 12.3 Å². The van der Waals surface area contributed by atoms with Crippen LogP contribution in [0.1, 0.15) is 41.9 Å². The first kappa shape index (κ1) is 19.7. The molecule has 1 atom stereocenters. The van der Waals surface area contributed by atoms with E-state index in [2.05, 4.69) is 28.6 Å². The number of ether oxygens (including phenoxy) is 1. The lowest BCUT2D eigenvalue weighted by Crippen LogP contribution is -2.31. The van der Waals surface area contributed by atoms with Gasteiger partial charge in [0.15, 0.2) is 5.69 Å². The van der Waals surface area contributed by atoms with Crippen molar-refractivity contribution in [3.05, 3.63) is 41.2 Å². The van der Waals surface area contributed by atoms with Gasteiger partial charge in [-0.15, -0.1) is 0 Å². The normalized spacial score (nSPS) is 15.3. The van der Waals surface area contributed by atoms with Crippen LogP contribution in [0.25, 0.3) is 11.1 Å². The van der Waals surface area contributed by atoms with E-state index in [0.717, 1.165) is 29.7 Å². The van der Waals surface area contributed by atoms with Crippen LogP contribution < -0.4 is 10.6 Å². The van der Waals surface area contributed by atoms with Gasteiger partial charge in [0.25, 0.3) is 5.91 Å². The van der Waals surface area contributed by atoms with Crippen molar-refractivity contribution in [3.8, 4) is 16.9 Å². The van der Waals surface area contributed by atoms with Gasteiger partial charge in [-0.05, 0) is 56.9 Å². The molecule has 0 bridgehead atoms. The Morgan fingerprint density at radius 2 is 2.18 bits per heavy atom. The third kappa shape index (κ3) is 4.08. The molecule has 1 aromatic heterocycles. The molecule has 1 aromatic carbocycles. The number of esters is 1. The zero-order chi connectivity index (χ0) is 20.3. The molecule has 0 fully saturated rings. The number of aryl methyl sites for hydroxylation is 1. The van der Waals surface area contributed by atoms with Crippen LogP contribution in [-0.4, -0.2) is 41.2 Å². The third-order valence-corrected chi connectivity index (χ3v) is 4.88. The quantitative estimate of drug-likeness (QED) is 0.687. The second-order valence-electron chi connectivity index (χ2n) is 6.94. The number of hydrogen-bond donors (Lipinski definition) is 3. The summed E-state index contributed by atoms with van der Waals surface area (Å²) < 4.78 is 4.77. The van der Waals surface area contributed by atoms with E-state index in [0.29, 0.717) is 11.6 Å². The molecule has 148 valence electrons. The zero-order valence-corrected chi connectivity index (χ0v) is 16.3. The number of aromatic nitrogens is 1. The van der Waals surface area contributed by atoms with Crippen molar-refractivity contribution in [1.29, 1.82) is 0 Å². The van der Waals surface area contributed by atoms with E-state index in [1.165, 1.54) is 5.56 Å². The predicted octanol–water partition coefficient (Wildman–Crippen LogP) is 2.80. The van der Waals surface area contributed by atoms with Gasteiger partial charge >= 0.3 is 5.97 Å². The van der Waals surface area contributed by atoms with Gasteiger partial charge in [0.2, 0.25) is 0 Å². The Labute approximate surface area is 164 Å². The average Bonchev–Trinajstić information content (AvgIpc) is 2.68.